The molecular weight excluding hydrogens is 300 g/mol. The van der Waals surface area contributed by atoms with Crippen LogP contribution in [-0.4, -0.2) is 4.98 Å². The number of aromatic nitrogens is 1. The molecule has 0 bridgehead atoms. The second kappa shape index (κ2) is 5.52. The van der Waals surface area contributed by atoms with Crippen LogP contribution in [0.3, 0.4) is 0 Å². The summed E-state index contributed by atoms with van der Waals surface area (Å²) in [6.45, 7) is 2.68. The highest BCUT2D eigenvalue weighted by Crippen LogP contribution is 2.26. The molecule has 0 fully saturated rings. The second-order valence-electron chi connectivity index (χ2n) is 3.75. The molecule has 2 nitrogen and oxygen atoms in total. The second-order valence-corrected chi connectivity index (χ2v) is 5.04. The predicted molar refractivity (Wildman–Crippen MR) is 75.5 cm³/mol. The number of halogens is 2. The normalized spacial score (nSPS) is 10.3. The number of benzene rings is 1. The van der Waals surface area contributed by atoms with Gasteiger partial charge < -0.3 is 5.32 Å². The third-order valence-electron chi connectivity index (χ3n) is 2.34. The summed E-state index contributed by atoms with van der Waals surface area (Å²) in [5.74, 6) is 0. The minimum absolute atomic E-state index is 0.696. The molecule has 0 spiro atoms. The van der Waals surface area contributed by atoms with Crippen molar-refractivity contribution in [2.24, 2.45) is 0 Å². The average Bonchev–Trinajstić information content (AvgIpc) is 2.28. The Morgan fingerprint density at radius 2 is 2.12 bits per heavy atom. The summed E-state index contributed by atoms with van der Waals surface area (Å²) in [5, 5.41) is 4.03. The molecule has 0 aliphatic heterocycles. The van der Waals surface area contributed by atoms with E-state index < -0.39 is 0 Å². The maximum absolute atomic E-state index is 5.88. The maximum Gasteiger partial charge on any atom is 0.0597 e. The summed E-state index contributed by atoms with van der Waals surface area (Å²) < 4.78 is 0.956. The molecule has 0 unspecified atom stereocenters. The van der Waals surface area contributed by atoms with Crippen molar-refractivity contribution in [2.75, 3.05) is 5.32 Å². The minimum Gasteiger partial charge on any atom is -0.378 e. The zero-order chi connectivity index (χ0) is 12.3. The lowest BCUT2D eigenvalue weighted by Gasteiger charge is -2.08. The lowest BCUT2D eigenvalue weighted by atomic mass is 10.3. The van der Waals surface area contributed by atoms with Crippen molar-refractivity contribution in [1.82, 2.24) is 4.98 Å². The molecule has 0 saturated heterocycles. The zero-order valence-electron chi connectivity index (χ0n) is 9.37. The van der Waals surface area contributed by atoms with Crippen molar-refractivity contribution in [3.05, 3.63) is 57.3 Å². The molecule has 0 aliphatic rings. The molecule has 17 heavy (non-hydrogen) atoms. The Labute approximate surface area is 114 Å². The fourth-order valence-electron chi connectivity index (χ4n) is 1.52. The molecule has 0 aliphatic carbocycles. The number of rotatable bonds is 3. The van der Waals surface area contributed by atoms with Gasteiger partial charge in [0, 0.05) is 20.9 Å². The van der Waals surface area contributed by atoms with E-state index in [0.717, 1.165) is 26.6 Å². The van der Waals surface area contributed by atoms with Crippen molar-refractivity contribution in [3.8, 4) is 0 Å². The van der Waals surface area contributed by atoms with Crippen molar-refractivity contribution in [2.45, 2.75) is 13.5 Å². The quantitative estimate of drug-likeness (QED) is 0.907. The molecule has 2 aromatic rings. The van der Waals surface area contributed by atoms with Crippen LogP contribution in [-0.2, 0) is 6.54 Å². The smallest absolute Gasteiger partial charge is 0.0597 e. The molecule has 0 saturated carbocycles. The maximum atomic E-state index is 5.88. The molecular formula is C13H12BrClN2. The third-order valence-corrected chi connectivity index (χ3v) is 3.23. The van der Waals surface area contributed by atoms with Gasteiger partial charge in [0.15, 0.2) is 0 Å². The van der Waals surface area contributed by atoms with Gasteiger partial charge in [-0.2, -0.15) is 0 Å². The molecule has 0 radical (unpaired) electrons. The summed E-state index contributed by atoms with van der Waals surface area (Å²) in [6.07, 6.45) is 0. The lowest BCUT2D eigenvalue weighted by Crippen LogP contribution is -2.02. The van der Waals surface area contributed by atoms with Crippen LogP contribution in [0.15, 0.2) is 40.9 Å². The van der Waals surface area contributed by atoms with Crippen molar-refractivity contribution >= 4 is 33.2 Å². The van der Waals surface area contributed by atoms with E-state index in [-0.39, 0.29) is 0 Å². The van der Waals surface area contributed by atoms with Crippen molar-refractivity contribution in [1.29, 1.82) is 0 Å². The van der Waals surface area contributed by atoms with Gasteiger partial charge in [-0.05, 0) is 53.2 Å². The predicted octanol–water partition coefficient (Wildman–Crippen LogP) is 4.42. The van der Waals surface area contributed by atoms with E-state index in [0.29, 0.717) is 6.54 Å². The zero-order valence-corrected chi connectivity index (χ0v) is 11.7. The molecule has 1 heterocycles. The van der Waals surface area contributed by atoms with Crippen LogP contribution >= 0.6 is 27.5 Å². The lowest BCUT2D eigenvalue weighted by molar-refractivity contribution is 1.01. The minimum atomic E-state index is 0.696. The topological polar surface area (TPSA) is 24.9 Å². The Bertz CT molecular complexity index is 529. The first kappa shape index (κ1) is 12.4. The fraction of sp³-hybridized carbons (Fsp3) is 0.154. The van der Waals surface area contributed by atoms with E-state index in [1.165, 1.54) is 0 Å². The van der Waals surface area contributed by atoms with Gasteiger partial charge in [0.1, 0.15) is 0 Å². The van der Waals surface area contributed by atoms with E-state index >= 15 is 0 Å². The largest absolute Gasteiger partial charge is 0.378 e. The first-order valence-electron chi connectivity index (χ1n) is 5.26. The molecule has 88 valence electrons. The Morgan fingerprint density at radius 3 is 2.82 bits per heavy atom. The molecule has 1 aromatic heterocycles. The van der Waals surface area contributed by atoms with E-state index in [9.17, 15) is 0 Å². The van der Waals surface area contributed by atoms with Crippen molar-refractivity contribution < 1.29 is 0 Å². The molecule has 0 atom stereocenters. The van der Waals surface area contributed by atoms with Gasteiger partial charge in [-0.1, -0.05) is 17.7 Å². The van der Waals surface area contributed by atoms with E-state index in [1.807, 2.05) is 43.3 Å². The highest BCUT2D eigenvalue weighted by molar-refractivity contribution is 9.10. The first-order valence-corrected chi connectivity index (χ1v) is 6.44. The summed E-state index contributed by atoms with van der Waals surface area (Å²) in [5.41, 5.74) is 3.06. The number of nitrogens with one attached hydrogen (secondary N) is 1. The summed E-state index contributed by atoms with van der Waals surface area (Å²) in [4.78, 5) is 4.43. The number of anilines is 1. The van der Waals surface area contributed by atoms with Gasteiger partial charge in [-0.3, -0.25) is 4.98 Å². The van der Waals surface area contributed by atoms with Crippen LogP contribution < -0.4 is 5.32 Å². The summed E-state index contributed by atoms with van der Waals surface area (Å²) in [6, 6.07) is 11.7. The van der Waals surface area contributed by atoms with Gasteiger partial charge in [0.05, 0.1) is 12.2 Å². The average molecular weight is 312 g/mol. The van der Waals surface area contributed by atoms with Crippen LogP contribution in [0.5, 0.6) is 0 Å². The Balaban J connectivity index is 2.07. The van der Waals surface area contributed by atoms with Crippen LogP contribution in [0, 0.1) is 6.92 Å². The monoisotopic (exact) mass is 310 g/mol. The molecule has 4 heteroatoms. The van der Waals surface area contributed by atoms with E-state index in [1.54, 1.807) is 0 Å². The Hall–Kier alpha value is -1.06. The van der Waals surface area contributed by atoms with Gasteiger partial charge in [-0.15, -0.1) is 0 Å². The van der Waals surface area contributed by atoms with Gasteiger partial charge >= 0.3 is 0 Å². The summed E-state index contributed by atoms with van der Waals surface area (Å²) >= 11 is 9.35. The third kappa shape index (κ3) is 3.45. The molecule has 1 aromatic carbocycles. The van der Waals surface area contributed by atoms with Crippen LogP contribution in [0.2, 0.25) is 5.02 Å². The van der Waals surface area contributed by atoms with E-state index in [2.05, 4.69) is 26.2 Å². The van der Waals surface area contributed by atoms with Crippen molar-refractivity contribution in [3.63, 3.8) is 0 Å². The SMILES string of the molecule is Cc1cccc(CNc2ccc(Cl)cc2Br)n1. The first-order chi connectivity index (χ1) is 8.15. The van der Waals surface area contributed by atoms with E-state index in [4.69, 9.17) is 11.6 Å². The number of hydrogen-bond acceptors (Lipinski definition) is 2. The number of pyridine rings is 1. The Morgan fingerprint density at radius 1 is 1.29 bits per heavy atom. The number of aryl methyl sites for hydroxylation is 1. The Kier molecular flexibility index (Phi) is 4.02. The van der Waals surface area contributed by atoms with Gasteiger partial charge in [-0.25, -0.2) is 0 Å². The molecule has 1 N–H and O–H groups in total. The highest BCUT2D eigenvalue weighted by atomic mass is 79.9. The molecule has 0 amide bonds. The van der Waals surface area contributed by atoms with Gasteiger partial charge in [0.25, 0.3) is 0 Å². The molecule has 2 rings (SSSR count). The van der Waals surface area contributed by atoms with Crippen LogP contribution in [0.1, 0.15) is 11.4 Å². The number of nitrogens with zero attached hydrogens (tertiary/aromatic N) is 1. The summed E-state index contributed by atoms with van der Waals surface area (Å²) in [7, 11) is 0. The standard InChI is InChI=1S/C13H12BrClN2/c1-9-3-2-4-11(17-9)8-16-13-6-5-10(15)7-12(13)14/h2-7,16H,8H2,1H3. The van der Waals surface area contributed by atoms with Crippen LogP contribution in [0.25, 0.3) is 0 Å². The van der Waals surface area contributed by atoms with Gasteiger partial charge in [0.2, 0.25) is 0 Å². The number of hydrogen-bond donors (Lipinski definition) is 1. The van der Waals surface area contributed by atoms with Crippen LogP contribution in [0.4, 0.5) is 5.69 Å². The fourth-order valence-corrected chi connectivity index (χ4v) is 2.34. The highest BCUT2D eigenvalue weighted by Gasteiger charge is 2.01.